The molecule has 0 aliphatic rings. The quantitative estimate of drug-likeness (QED) is 0.544. The van der Waals surface area contributed by atoms with E-state index in [2.05, 4.69) is 18.8 Å². The molecule has 3 heteroatoms. The van der Waals surface area contributed by atoms with Crippen LogP contribution in [0.1, 0.15) is 37.8 Å². The van der Waals surface area contributed by atoms with Gasteiger partial charge >= 0.3 is 0 Å². The minimum atomic E-state index is 0.223. The predicted octanol–water partition coefficient (Wildman–Crippen LogP) is 5.00. The Morgan fingerprint density at radius 2 is 2.00 bits per heavy atom. The monoisotopic (exact) mass is 271 g/mol. The van der Waals surface area contributed by atoms with Crippen LogP contribution in [0.25, 0.3) is 0 Å². The van der Waals surface area contributed by atoms with Crippen molar-refractivity contribution in [3.05, 3.63) is 46.5 Å². The first-order valence-electron chi connectivity index (χ1n) is 5.98. The first kappa shape index (κ1) is 14.6. The minimum absolute atomic E-state index is 0.223. The van der Waals surface area contributed by atoms with Crippen LogP contribution in [0, 0.1) is 0 Å². The van der Waals surface area contributed by atoms with Crippen LogP contribution >= 0.6 is 23.2 Å². The third-order valence-electron chi connectivity index (χ3n) is 2.70. The first-order valence-corrected chi connectivity index (χ1v) is 6.74. The third-order valence-corrected chi connectivity index (χ3v) is 3.36. The maximum atomic E-state index is 6.23. The zero-order valence-electron chi connectivity index (χ0n) is 10.2. The van der Waals surface area contributed by atoms with Crippen molar-refractivity contribution < 1.29 is 0 Å². The molecule has 0 aliphatic heterocycles. The van der Waals surface area contributed by atoms with Gasteiger partial charge in [0.2, 0.25) is 0 Å². The van der Waals surface area contributed by atoms with E-state index in [1.54, 1.807) is 0 Å². The van der Waals surface area contributed by atoms with Gasteiger partial charge in [0.15, 0.2) is 0 Å². The van der Waals surface area contributed by atoms with Crippen LogP contribution in [0.3, 0.4) is 0 Å². The van der Waals surface area contributed by atoms with E-state index in [1.165, 1.54) is 0 Å². The summed E-state index contributed by atoms with van der Waals surface area (Å²) in [6.45, 7) is 6.73. The lowest BCUT2D eigenvalue weighted by atomic mass is 10.0. The summed E-state index contributed by atoms with van der Waals surface area (Å²) >= 11 is 12.5. The summed E-state index contributed by atoms with van der Waals surface area (Å²) in [5.41, 5.74) is 1.02. The van der Waals surface area contributed by atoms with E-state index in [0.717, 1.165) is 41.4 Å². The van der Waals surface area contributed by atoms with Crippen molar-refractivity contribution in [1.29, 1.82) is 0 Å². The Balaban J connectivity index is 2.84. The third kappa shape index (κ3) is 4.34. The lowest BCUT2D eigenvalue weighted by Gasteiger charge is -2.20. The number of unbranched alkanes of at least 4 members (excludes halogenated alkanes) is 1. The molecule has 0 saturated heterocycles. The van der Waals surface area contributed by atoms with Gasteiger partial charge in [0, 0.05) is 21.7 Å². The van der Waals surface area contributed by atoms with Gasteiger partial charge in [-0.25, -0.2) is 0 Å². The number of hydrogen-bond acceptors (Lipinski definition) is 1. The molecule has 0 fully saturated rings. The fraction of sp³-hybridized carbons (Fsp3) is 0.429. The van der Waals surface area contributed by atoms with Crippen LogP contribution in [0.15, 0.2) is 30.9 Å². The van der Waals surface area contributed by atoms with E-state index in [9.17, 15) is 0 Å². The van der Waals surface area contributed by atoms with Crippen molar-refractivity contribution in [3.63, 3.8) is 0 Å². The molecule has 0 amide bonds. The van der Waals surface area contributed by atoms with Crippen molar-refractivity contribution >= 4 is 23.2 Å². The number of allylic oxidation sites excluding steroid dienone is 1. The Hall–Kier alpha value is -0.500. The van der Waals surface area contributed by atoms with Crippen LogP contribution in [-0.2, 0) is 0 Å². The Morgan fingerprint density at radius 3 is 2.53 bits per heavy atom. The Morgan fingerprint density at radius 1 is 1.35 bits per heavy atom. The van der Waals surface area contributed by atoms with Crippen LogP contribution in [0.4, 0.5) is 0 Å². The van der Waals surface area contributed by atoms with Crippen LogP contribution in [0.2, 0.25) is 10.0 Å². The van der Waals surface area contributed by atoms with E-state index in [4.69, 9.17) is 23.2 Å². The molecule has 0 bridgehead atoms. The fourth-order valence-corrected chi connectivity index (χ4v) is 2.57. The van der Waals surface area contributed by atoms with Crippen molar-refractivity contribution in [2.24, 2.45) is 0 Å². The van der Waals surface area contributed by atoms with E-state index < -0.39 is 0 Å². The molecule has 0 radical (unpaired) electrons. The highest BCUT2D eigenvalue weighted by atomic mass is 35.5. The second-order valence-electron chi connectivity index (χ2n) is 3.97. The van der Waals surface area contributed by atoms with Gasteiger partial charge in [0.1, 0.15) is 0 Å². The van der Waals surface area contributed by atoms with Crippen LogP contribution in [0.5, 0.6) is 0 Å². The standard InChI is InChI=1S/C14H19Cl2N/c1-3-5-6-10-13(17-4-2)14-11(15)8-7-9-12(14)16/h3,7-9,13,17H,1,4-6,10H2,2H3. The average molecular weight is 272 g/mol. The maximum Gasteiger partial charge on any atom is 0.0468 e. The Labute approximate surface area is 114 Å². The molecule has 1 rings (SSSR count). The topological polar surface area (TPSA) is 12.0 Å². The number of benzene rings is 1. The van der Waals surface area contributed by atoms with Crippen molar-refractivity contribution in [2.45, 2.75) is 32.2 Å². The van der Waals surface area contributed by atoms with Crippen molar-refractivity contribution in [1.82, 2.24) is 5.32 Å². The molecule has 1 nitrogen and oxygen atoms in total. The number of nitrogens with one attached hydrogen (secondary N) is 1. The molecular formula is C14H19Cl2N. The minimum Gasteiger partial charge on any atom is -0.310 e. The molecule has 1 aromatic rings. The molecule has 1 atom stereocenters. The molecule has 94 valence electrons. The van der Waals surface area contributed by atoms with Gasteiger partial charge < -0.3 is 5.32 Å². The molecule has 1 aromatic carbocycles. The summed E-state index contributed by atoms with van der Waals surface area (Å²) in [7, 11) is 0. The highest BCUT2D eigenvalue weighted by molar-refractivity contribution is 6.36. The van der Waals surface area contributed by atoms with E-state index in [1.807, 2.05) is 24.3 Å². The first-order chi connectivity index (χ1) is 8.20. The second kappa shape index (κ2) is 7.75. The largest absolute Gasteiger partial charge is 0.310 e. The van der Waals surface area contributed by atoms with Gasteiger partial charge in [-0.15, -0.1) is 6.58 Å². The van der Waals surface area contributed by atoms with Crippen LogP contribution in [-0.4, -0.2) is 6.54 Å². The Bertz CT molecular complexity index is 343. The molecule has 0 aromatic heterocycles. The summed E-state index contributed by atoms with van der Waals surface area (Å²) < 4.78 is 0. The second-order valence-corrected chi connectivity index (χ2v) is 4.78. The molecule has 0 saturated carbocycles. The van der Waals surface area contributed by atoms with Crippen LogP contribution < -0.4 is 5.32 Å². The molecule has 1 N–H and O–H groups in total. The molecule has 0 heterocycles. The smallest absolute Gasteiger partial charge is 0.0468 e. The normalized spacial score (nSPS) is 12.4. The summed E-state index contributed by atoms with van der Waals surface area (Å²) in [5.74, 6) is 0. The molecule has 0 aliphatic carbocycles. The van der Waals surface area contributed by atoms with E-state index >= 15 is 0 Å². The Kier molecular flexibility index (Phi) is 6.64. The van der Waals surface area contributed by atoms with Gasteiger partial charge in [0.05, 0.1) is 0 Å². The lowest BCUT2D eigenvalue weighted by molar-refractivity contribution is 0.500. The van der Waals surface area contributed by atoms with E-state index in [-0.39, 0.29) is 6.04 Å². The fourth-order valence-electron chi connectivity index (χ4n) is 1.90. The van der Waals surface area contributed by atoms with Gasteiger partial charge in [-0.3, -0.25) is 0 Å². The number of halogens is 2. The predicted molar refractivity (Wildman–Crippen MR) is 76.9 cm³/mol. The van der Waals surface area contributed by atoms with Gasteiger partial charge in [0.25, 0.3) is 0 Å². The molecule has 1 unspecified atom stereocenters. The zero-order valence-corrected chi connectivity index (χ0v) is 11.7. The summed E-state index contributed by atoms with van der Waals surface area (Å²) in [4.78, 5) is 0. The zero-order chi connectivity index (χ0) is 12.7. The summed E-state index contributed by atoms with van der Waals surface area (Å²) in [5, 5.41) is 4.91. The maximum absolute atomic E-state index is 6.23. The van der Waals surface area contributed by atoms with Gasteiger partial charge in [-0.1, -0.05) is 42.3 Å². The van der Waals surface area contributed by atoms with Crippen molar-refractivity contribution in [2.75, 3.05) is 6.54 Å². The van der Waals surface area contributed by atoms with Crippen molar-refractivity contribution in [3.8, 4) is 0 Å². The van der Waals surface area contributed by atoms with Gasteiger partial charge in [-0.2, -0.15) is 0 Å². The molecule has 0 spiro atoms. The average Bonchev–Trinajstić information content (AvgIpc) is 2.29. The highest BCUT2D eigenvalue weighted by Crippen LogP contribution is 2.32. The number of hydrogen-bond donors (Lipinski definition) is 1. The van der Waals surface area contributed by atoms with E-state index in [0.29, 0.717) is 0 Å². The molecular weight excluding hydrogens is 253 g/mol. The lowest BCUT2D eigenvalue weighted by Crippen LogP contribution is -2.21. The SMILES string of the molecule is C=CCCCC(NCC)c1c(Cl)cccc1Cl. The molecule has 17 heavy (non-hydrogen) atoms. The summed E-state index contributed by atoms with van der Waals surface area (Å²) in [6, 6.07) is 5.88. The summed E-state index contributed by atoms with van der Waals surface area (Å²) in [6.07, 6.45) is 5.06. The van der Waals surface area contributed by atoms with Gasteiger partial charge in [-0.05, 0) is 37.9 Å². The highest BCUT2D eigenvalue weighted by Gasteiger charge is 2.16. The number of rotatable bonds is 7.